The molecule has 0 saturated carbocycles. The van der Waals surface area contributed by atoms with Crippen molar-refractivity contribution in [2.75, 3.05) is 0 Å². The first-order chi connectivity index (χ1) is 6.89. The van der Waals surface area contributed by atoms with Gasteiger partial charge in [-0.15, -0.1) is 0 Å². The van der Waals surface area contributed by atoms with E-state index < -0.39 is 23.8 Å². The van der Waals surface area contributed by atoms with Crippen molar-refractivity contribution >= 4 is 5.97 Å². The Labute approximate surface area is 84.6 Å². The Morgan fingerprint density at radius 2 is 1.93 bits per heavy atom. The molecule has 0 spiro atoms. The van der Waals surface area contributed by atoms with E-state index in [-0.39, 0.29) is 5.56 Å². The van der Waals surface area contributed by atoms with Gasteiger partial charge in [-0.25, -0.2) is 9.18 Å². The van der Waals surface area contributed by atoms with Crippen LogP contribution in [0.25, 0.3) is 0 Å². The SMILES string of the molecule is O=C(O)C1(O)Cc2ccccc2C1(O)F. The number of benzene rings is 1. The molecule has 0 radical (unpaired) electrons. The van der Waals surface area contributed by atoms with E-state index in [1.807, 2.05) is 0 Å². The number of rotatable bonds is 1. The molecule has 0 fully saturated rings. The molecule has 0 aliphatic heterocycles. The molecule has 2 rings (SSSR count). The summed E-state index contributed by atoms with van der Waals surface area (Å²) in [5.74, 6) is -5.01. The lowest BCUT2D eigenvalue weighted by molar-refractivity contribution is -0.234. The molecule has 1 aromatic rings. The Bertz CT molecular complexity index is 429. The smallest absolute Gasteiger partial charge is 0.342 e. The normalized spacial score (nSPS) is 33.8. The van der Waals surface area contributed by atoms with E-state index in [4.69, 9.17) is 5.11 Å². The van der Waals surface area contributed by atoms with E-state index in [0.29, 0.717) is 5.56 Å². The van der Waals surface area contributed by atoms with E-state index in [2.05, 4.69) is 0 Å². The third-order valence-corrected chi connectivity index (χ3v) is 2.72. The number of carbonyl (C=O) groups is 1. The molecule has 2 unspecified atom stereocenters. The highest BCUT2D eigenvalue weighted by molar-refractivity contribution is 5.81. The fourth-order valence-corrected chi connectivity index (χ4v) is 1.83. The molecule has 1 aliphatic carbocycles. The molecule has 1 aliphatic rings. The number of carboxylic acids is 1. The zero-order valence-electron chi connectivity index (χ0n) is 7.64. The highest BCUT2D eigenvalue weighted by Crippen LogP contribution is 2.45. The summed E-state index contributed by atoms with van der Waals surface area (Å²) in [6.45, 7) is 0. The molecule has 80 valence electrons. The van der Waals surface area contributed by atoms with Gasteiger partial charge in [-0.1, -0.05) is 24.3 Å². The van der Waals surface area contributed by atoms with Crippen LogP contribution in [-0.2, 0) is 17.1 Å². The van der Waals surface area contributed by atoms with E-state index in [1.165, 1.54) is 18.2 Å². The molecule has 1 aromatic carbocycles. The van der Waals surface area contributed by atoms with Crippen LogP contribution in [0.15, 0.2) is 24.3 Å². The van der Waals surface area contributed by atoms with Gasteiger partial charge in [0.15, 0.2) is 0 Å². The largest absolute Gasteiger partial charge is 0.479 e. The Kier molecular flexibility index (Phi) is 1.86. The van der Waals surface area contributed by atoms with Crippen LogP contribution in [0.5, 0.6) is 0 Å². The summed E-state index contributed by atoms with van der Waals surface area (Å²) in [7, 11) is 0. The number of hydrogen-bond acceptors (Lipinski definition) is 3. The Hall–Kier alpha value is -1.46. The van der Waals surface area contributed by atoms with Gasteiger partial charge in [0.05, 0.1) is 0 Å². The molecule has 15 heavy (non-hydrogen) atoms. The van der Waals surface area contributed by atoms with Gasteiger partial charge in [0.25, 0.3) is 5.85 Å². The van der Waals surface area contributed by atoms with Crippen molar-refractivity contribution < 1.29 is 24.5 Å². The molecule has 0 amide bonds. The molecule has 3 N–H and O–H groups in total. The van der Waals surface area contributed by atoms with Crippen LogP contribution in [0.2, 0.25) is 0 Å². The van der Waals surface area contributed by atoms with Gasteiger partial charge in [-0.2, -0.15) is 0 Å². The van der Waals surface area contributed by atoms with Crippen molar-refractivity contribution in [3.05, 3.63) is 35.4 Å². The molecule has 0 aromatic heterocycles. The first-order valence-electron chi connectivity index (χ1n) is 4.35. The summed E-state index contributed by atoms with van der Waals surface area (Å²) >= 11 is 0. The van der Waals surface area contributed by atoms with Gasteiger partial charge in [0.1, 0.15) is 0 Å². The van der Waals surface area contributed by atoms with Gasteiger partial charge in [-0.3, -0.25) is 0 Å². The summed E-state index contributed by atoms with van der Waals surface area (Å²) < 4.78 is 13.8. The summed E-state index contributed by atoms with van der Waals surface area (Å²) in [5, 5.41) is 27.8. The van der Waals surface area contributed by atoms with Crippen LogP contribution in [0, 0.1) is 0 Å². The van der Waals surface area contributed by atoms with Crippen molar-refractivity contribution in [3.8, 4) is 0 Å². The first kappa shape index (κ1) is 10.1. The average molecular weight is 212 g/mol. The van der Waals surface area contributed by atoms with Gasteiger partial charge in [-0.05, 0) is 5.56 Å². The molecule has 0 bridgehead atoms. The van der Waals surface area contributed by atoms with Gasteiger partial charge in [0.2, 0.25) is 5.60 Å². The van der Waals surface area contributed by atoms with E-state index in [0.717, 1.165) is 0 Å². The summed E-state index contributed by atoms with van der Waals surface area (Å²) in [4.78, 5) is 10.8. The van der Waals surface area contributed by atoms with Crippen LogP contribution in [0.4, 0.5) is 4.39 Å². The van der Waals surface area contributed by atoms with Crippen molar-refractivity contribution in [2.24, 2.45) is 0 Å². The number of carboxylic acid groups (broad SMARTS) is 1. The predicted molar refractivity (Wildman–Crippen MR) is 47.7 cm³/mol. The van der Waals surface area contributed by atoms with Gasteiger partial charge >= 0.3 is 5.97 Å². The van der Waals surface area contributed by atoms with Crippen molar-refractivity contribution in [1.29, 1.82) is 0 Å². The van der Waals surface area contributed by atoms with Crippen LogP contribution >= 0.6 is 0 Å². The molecule has 2 atom stereocenters. The molecule has 5 heteroatoms. The third kappa shape index (κ3) is 1.10. The van der Waals surface area contributed by atoms with Crippen LogP contribution < -0.4 is 0 Å². The maximum atomic E-state index is 13.8. The lowest BCUT2D eigenvalue weighted by Crippen LogP contribution is -2.52. The molecule has 0 saturated heterocycles. The zero-order chi connectivity index (χ0) is 11.3. The second-order valence-corrected chi connectivity index (χ2v) is 3.62. The molecular weight excluding hydrogens is 203 g/mol. The molecule has 0 heterocycles. The van der Waals surface area contributed by atoms with Crippen molar-refractivity contribution in [2.45, 2.75) is 17.9 Å². The van der Waals surface area contributed by atoms with Crippen molar-refractivity contribution in [1.82, 2.24) is 0 Å². The molecular formula is C10H9FO4. The zero-order valence-corrected chi connectivity index (χ0v) is 7.64. The number of alkyl halides is 1. The van der Waals surface area contributed by atoms with E-state index in [9.17, 15) is 19.4 Å². The highest BCUT2D eigenvalue weighted by atomic mass is 19.2. The Morgan fingerprint density at radius 3 is 2.47 bits per heavy atom. The maximum absolute atomic E-state index is 13.8. The monoisotopic (exact) mass is 212 g/mol. The number of aliphatic hydroxyl groups is 2. The number of hydrogen-bond donors (Lipinski definition) is 3. The van der Waals surface area contributed by atoms with Crippen LogP contribution in [0.3, 0.4) is 0 Å². The average Bonchev–Trinajstić information content (AvgIpc) is 2.37. The van der Waals surface area contributed by atoms with E-state index in [1.54, 1.807) is 6.07 Å². The predicted octanol–water partition coefficient (Wildman–Crippen LogP) is 0.173. The van der Waals surface area contributed by atoms with Crippen molar-refractivity contribution in [3.63, 3.8) is 0 Å². The number of fused-ring (bicyclic) bond motifs is 1. The summed E-state index contributed by atoms with van der Waals surface area (Å²) in [6.07, 6.45) is -0.439. The van der Waals surface area contributed by atoms with Crippen LogP contribution in [0.1, 0.15) is 11.1 Å². The quantitative estimate of drug-likeness (QED) is 0.620. The topological polar surface area (TPSA) is 77.8 Å². The first-order valence-corrected chi connectivity index (χ1v) is 4.35. The second kappa shape index (κ2) is 2.77. The fraction of sp³-hybridized carbons (Fsp3) is 0.300. The Morgan fingerprint density at radius 1 is 1.33 bits per heavy atom. The van der Waals surface area contributed by atoms with Gasteiger partial charge < -0.3 is 15.3 Å². The minimum Gasteiger partial charge on any atom is -0.479 e. The standard InChI is InChI=1S/C10H9FO4/c11-10(15)7-4-2-1-3-6(7)5-9(10,14)8(12)13/h1-4,14-15H,5H2,(H,12,13). The highest BCUT2D eigenvalue weighted by Gasteiger charge is 2.62. The maximum Gasteiger partial charge on any atom is 0.342 e. The minimum absolute atomic E-state index is 0.185. The fourth-order valence-electron chi connectivity index (χ4n) is 1.83. The van der Waals surface area contributed by atoms with Gasteiger partial charge in [0, 0.05) is 12.0 Å². The molecule has 4 nitrogen and oxygen atoms in total. The summed E-state index contributed by atoms with van der Waals surface area (Å²) in [5.41, 5.74) is -2.68. The summed E-state index contributed by atoms with van der Waals surface area (Å²) in [6, 6.07) is 5.79. The lowest BCUT2D eigenvalue weighted by Gasteiger charge is -2.27. The number of aliphatic carboxylic acids is 1. The van der Waals surface area contributed by atoms with E-state index >= 15 is 0 Å². The third-order valence-electron chi connectivity index (χ3n) is 2.72. The Balaban J connectivity index is 2.61. The minimum atomic E-state index is -3.24. The van der Waals surface area contributed by atoms with Crippen LogP contribution in [-0.4, -0.2) is 26.9 Å². The number of halogens is 1. The lowest BCUT2D eigenvalue weighted by atomic mass is 9.95. The second-order valence-electron chi connectivity index (χ2n) is 3.62.